The molecule has 0 N–H and O–H groups in total. The van der Waals surface area contributed by atoms with E-state index in [-0.39, 0.29) is 11.4 Å². The van der Waals surface area contributed by atoms with Crippen LogP contribution in [0.25, 0.3) is 0 Å². The van der Waals surface area contributed by atoms with E-state index in [0.717, 1.165) is 5.75 Å². The highest BCUT2D eigenvalue weighted by molar-refractivity contribution is 7.98. The van der Waals surface area contributed by atoms with E-state index >= 15 is 0 Å². The summed E-state index contributed by atoms with van der Waals surface area (Å²) in [5, 5.41) is 0.751. The van der Waals surface area contributed by atoms with Crippen LogP contribution in [-0.4, -0.2) is 29.4 Å². The van der Waals surface area contributed by atoms with E-state index in [1.165, 1.54) is 0 Å². The third-order valence-corrected chi connectivity index (χ3v) is 4.24. The molecular formula is C13H13Cl2NO2S. The van der Waals surface area contributed by atoms with Gasteiger partial charge in [0.2, 0.25) is 5.90 Å². The number of cyclic esters (lactones) is 1. The Bertz CT molecular complexity index is 570. The lowest BCUT2D eigenvalue weighted by Crippen LogP contribution is -2.23. The molecule has 0 radical (unpaired) electrons. The summed E-state index contributed by atoms with van der Waals surface area (Å²) >= 11 is 13.8. The van der Waals surface area contributed by atoms with E-state index in [4.69, 9.17) is 27.9 Å². The number of thioether (sulfide) groups is 1. The number of esters is 1. The van der Waals surface area contributed by atoms with Crippen LogP contribution in [0.1, 0.15) is 29.8 Å². The van der Waals surface area contributed by atoms with Gasteiger partial charge in [-0.3, -0.25) is 0 Å². The van der Waals surface area contributed by atoms with Crippen molar-refractivity contribution in [1.29, 1.82) is 0 Å². The highest BCUT2D eigenvalue weighted by Crippen LogP contribution is 2.34. The molecule has 1 aromatic carbocycles. The Morgan fingerprint density at radius 1 is 1.26 bits per heavy atom. The number of rotatable bonds is 3. The zero-order chi connectivity index (χ0) is 14.2. The number of halogens is 2. The van der Waals surface area contributed by atoms with Crippen molar-refractivity contribution in [2.45, 2.75) is 19.4 Å². The van der Waals surface area contributed by atoms with Crippen LogP contribution in [0.5, 0.6) is 0 Å². The van der Waals surface area contributed by atoms with E-state index in [1.54, 1.807) is 23.9 Å². The fourth-order valence-electron chi connectivity index (χ4n) is 1.89. The molecule has 1 aliphatic heterocycles. The van der Waals surface area contributed by atoms with Gasteiger partial charge >= 0.3 is 5.97 Å². The Hall–Kier alpha value is -0.710. The number of aliphatic imine (C=N–C) groups is 1. The molecule has 0 amide bonds. The minimum atomic E-state index is -0.499. The number of benzene rings is 1. The molecule has 0 atom stereocenters. The van der Waals surface area contributed by atoms with Crippen LogP contribution in [0.15, 0.2) is 17.1 Å². The van der Waals surface area contributed by atoms with Crippen LogP contribution in [-0.2, 0) is 4.74 Å². The summed E-state index contributed by atoms with van der Waals surface area (Å²) < 4.78 is 5.21. The molecular weight excluding hydrogens is 305 g/mol. The Morgan fingerprint density at radius 2 is 1.84 bits per heavy atom. The molecule has 1 heterocycles. The van der Waals surface area contributed by atoms with E-state index in [2.05, 4.69) is 4.99 Å². The first-order valence-electron chi connectivity index (χ1n) is 5.65. The van der Waals surface area contributed by atoms with Gasteiger partial charge in [0.15, 0.2) is 0 Å². The van der Waals surface area contributed by atoms with Crippen LogP contribution in [0.3, 0.4) is 0 Å². The van der Waals surface area contributed by atoms with Gasteiger partial charge in [-0.2, -0.15) is 11.8 Å². The van der Waals surface area contributed by atoms with E-state index in [1.807, 2.05) is 20.1 Å². The first kappa shape index (κ1) is 14.7. The normalized spacial score (nSPS) is 16.7. The van der Waals surface area contributed by atoms with Crippen molar-refractivity contribution < 1.29 is 9.53 Å². The summed E-state index contributed by atoms with van der Waals surface area (Å²) in [6.07, 6.45) is 2.00. The zero-order valence-corrected chi connectivity index (χ0v) is 13.1. The zero-order valence-electron chi connectivity index (χ0n) is 10.8. The van der Waals surface area contributed by atoms with Crippen LogP contribution >= 0.6 is 35.0 Å². The molecule has 0 unspecified atom stereocenters. The lowest BCUT2D eigenvalue weighted by molar-refractivity contribution is 0.0736. The summed E-state index contributed by atoms with van der Waals surface area (Å²) in [5.74, 6) is 0.564. The van der Waals surface area contributed by atoms with Crippen molar-refractivity contribution in [2.75, 3.05) is 12.0 Å². The van der Waals surface area contributed by atoms with Gasteiger partial charge in [-0.1, -0.05) is 23.2 Å². The summed E-state index contributed by atoms with van der Waals surface area (Å²) in [7, 11) is 0. The molecule has 1 aromatic rings. The first-order valence-corrected chi connectivity index (χ1v) is 7.80. The fourth-order valence-corrected chi connectivity index (χ4v) is 3.13. The van der Waals surface area contributed by atoms with Crippen LogP contribution in [0.2, 0.25) is 10.0 Å². The average Bonchev–Trinajstić information content (AvgIpc) is 2.61. The quantitative estimate of drug-likeness (QED) is 0.789. The van der Waals surface area contributed by atoms with Crippen molar-refractivity contribution in [3.8, 4) is 0 Å². The standard InChI is InChI=1S/C13H13Cl2NO2S/c1-13(2,6-19-3)16-11-9-7(14)4-5-8(15)10(9)12(17)18-11/h4-5H,6H2,1-3H3/b16-11+. The lowest BCUT2D eigenvalue weighted by atomic mass is 10.1. The largest absolute Gasteiger partial charge is 0.403 e. The monoisotopic (exact) mass is 317 g/mol. The number of carbonyl (C=O) groups excluding carboxylic acids is 1. The molecule has 0 aromatic heterocycles. The van der Waals surface area contributed by atoms with Gasteiger partial charge < -0.3 is 4.74 Å². The number of ether oxygens (including phenoxy) is 1. The third-order valence-electron chi connectivity index (χ3n) is 2.61. The predicted octanol–water partition coefficient (Wildman–Crippen LogP) is 4.05. The fraction of sp³-hybridized carbons (Fsp3) is 0.385. The van der Waals surface area contributed by atoms with Crippen LogP contribution in [0, 0.1) is 0 Å². The Labute approximate surface area is 126 Å². The van der Waals surface area contributed by atoms with Crippen molar-refractivity contribution >= 4 is 46.8 Å². The minimum Gasteiger partial charge on any atom is -0.403 e. The number of hydrogen-bond donors (Lipinski definition) is 0. The molecule has 3 nitrogen and oxygen atoms in total. The highest BCUT2D eigenvalue weighted by atomic mass is 35.5. The molecule has 0 aliphatic carbocycles. The molecule has 102 valence electrons. The second-order valence-electron chi connectivity index (χ2n) is 4.83. The molecule has 6 heteroatoms. The highest BCUT2D eigenvalue weighted by Gasteiger charge is 2.34. The summed E-state index contributed by atoms with van der Waals surface area (Å²) in [5.41, 5.74) is 0.448. The second kappa shape index (κ2) is 5.35. The van der Waals surface area contributed by atoms with Crippen LogP contribution in [0.4, 0.5) is 0 Å². The number of carbonyl (C=O) groups is 1. The molecule has 1 aliphatic rings. The maximum atomic E-state index is 11.8. The third kappa shape index (κ3) is 2.91. The molecule has 0 spiro atoms. The number of nitrogens with zero attached hydrogens (tertiary/aromatic N) is 1. The SMILES string of the molecule is CSCC(C)(C)/N=C1/OC(=O)c2c(Cl)ccc(Cl)c21. The molecule has 0 bridgehead atoms. The smallest absolute Gasteiger partial charge is 0.347 e. The minimum absolute atomic E-state index is 0.256. The number of fused-ring (bicyclic) bond motifs is 1. The van der Waals surface area contributed by atoms with E-state index in [0.29, 0.717) is 21.2 Å². The summed E-state index contributed by atoms with van der Waals surface area (Å²) in [4.78, 5) is 16.3. The van der Waals surface area contributed by atoms with Gasteiger partial charge in [0.05, 0.1) is 26.7 Å². The van der Waals surface area contributed by atoms with Crippen molar-refractivity contribution in [1.82, 2.24) is 0 Å². The second-order valence-corrected chi connectivity index (χ2v) is 6.51. The van der Waals surface area contributed by atoms with Crippen LogP contribution < -0.4 is 0 Å². The van der Waals surface area contributed by atoms with E-state index in [9.17, 15) is 4.79 Å². The summed E-state index contributed by atoms with van der Waals surface area (Å²) in [6.45, 7) is 3.95. The van der Waals surface area contributed by atoms with Gasteiger partial charge in [-0.25, -0.2) is 9.79 Å². The van der Waals surface area contributed by atoms with Crippen molar-refractivity contribution in [2.24, 2.45) is 4.99 Å². The van der Waals surface area contributed by atoms with Crippen molar-refractivity contribution in [3.05, 3.63) is 33.3 Å². The Morgan fingerprint density at radius 3 is 2.42 bits per heavy atom. The average molecular weight is 318 g/mol. The molecule has 19 heavy (non-hydrogen) atoms. The van der Waals surface area contributed by atoms with E-state index < -0.39 is 5.97 Å². The van der Waals surface area contributed by atoms with Crippen molar-refractivity contribution in [3.63, 3.8) is 0 Å². The van der Waals surface area contributed by atoms with Gasteiger partial charge in [0, 0.05) is 5.75 Å². The first-order chi connectivity index (χ1) is 8.85. The summed E-state index contributed by atoms with van der Waals surface area (Å²) in [6, 6.07) is 3.22. The Balaban J connectivity index is 2.53. The maximum absolute atomic E-state index is 11.8. The van der Waals surface area contributed by atoms with Gasteiger partial charge in [0.25, 0.3) is 0 Å². The molecule has 0 saturated carbocycles. The maximum Gasteiger partial charge on any atom is 0.347 e. The molecule has 0 fully saturated rings. The van der Waals surface area contributed by atoms with Gasteiger partial charge in [0.1, 0.15) is 0 Å². The predicted molar refractivity (Wildman–Crippen MR) is 80.9 cm³/mol. The van der Waals surface area contributed by atoms with Gasteiger partial charge in [-0.15, -0.1) is 0 Å². The Kier molecular flexibility index (Phi) is 4.14. The van der Waals surface area contributed by atoms with Gasteiger partial charge in [-0.05, 0) is 32.2 Å². The molecule has 0 saturated heterocycles. The molecule has 2 rings (SSSR count). The number of hydrogen-bond acceptors (Lipinski definition) is 4. The lowest BCUT2D eigenvalue weighted by Gasteiger charge is -2.18. The topological polar surface area (TPSA) is 38.7 Å².